The highest BCUT2D eigenvalue weighted by atomic mass is 16.4. The first-order valence-electron chi connectivity index (χ1n) is 5.30. The van der Waals surface area contributed by atoms with Gasteiger partial charge in [0.1, 0.15) is 12.0 Å². The molecule has 0 bridgehead atoms. The van der Waals surface area contributed by atoms with Crippen molar-refractivity contribution in [2.75, 3.05) is 7.05 Å². The van der Waals surface area contributed by atoms with Crippen molar-refractivity contribution < 1.29 is 8.83 Å². The quantitative estimate of drug-likeness (QED) is 0.858. The normalized spacial score (nSPS) is 12.9. The minimum atomic E-state index is 0.106. The fraction of sp³-hybridized carbons (Fsp3) is 0.455. The van der Waals surface area contributed by atoms with Gasteiger partial charge in [-0.05, 0) is 26.5 Å². The summed E-state index contributed by atoms with van der Waals surface area (Å²) < 4.78 is 10.8. The molecule has 2 heterocycles. The topological polar surface area (TPSA) is 64.1 Å². The Balaban J connectivity index is 2.25. The molecule has 0 aliphatic rings. The van der Waals surface area contributed by atoms with Crippen molar-refractivity contribution in [3.05, 3.63) is 24.0 Å². The summed E-state index contributed by atoms with van der Waals surface area (Å²) in [6, 6.07) is 1.98. The van der Waals surface area contributed by atoms with Crippen LogP contribution in [-0.2, 0) is 0 Å². The van der Waals surface area contributed by atoms with E-state index in [-0.39, 0.29) is 6.04 Å². The molecule has 0 amide bonds. The van der Waals surface area contributed by atoms with Gasteiger partial charge in [-0.1, -0.05) is 6.92 Å². The molecule has 0 saturated carbocycles. The third-order valence-corrected chi connectivity index (χ3v) is 2.47. The van der Waals surface area contributed by atoms with Gasteiger partial charge in [0.25, 0.3) is 5.89 Å². The molecule has 0 aliphatic carbocycles. The van der Waals surface area contributed by atoms with Crippen LogP contribution in [0.25, 0.3) is 11.5 Å². The summed E-state index contributed by atoms with van der Waals surface area (Å²) in [6.45, 7) is 3.94. The van der Waals surface area contributed by atoms with Crippen LogP contribution >= 0.6 is 0 Å². The molecule has 5 heteroatoms. The molecule has 16 heavy (non-hydrogen) atoms. The van der Waals surface area contributed by atoms with Crippen molar-refractivity contribution in [1.29, 1.82) is 0 Å². The summed E-state index contributed by atoms with van der Waals surface area (Å²) in [5, 5.41) is 11.1. The average molecular weight is 221 g/mol. The van der Waals surface area contributed by atoms with E-state index >= 15 is 0 Å². The number of furan rings is 1. The van der Waals surface area contributed by atoms with E-state index < -0.39 is 0 Å². The lowest BCUT2D eigenvalue weighted by molar-refractivity contribution is 0.415. The van der Waals surface area contributed by atoms with Gasteiger partial charge in [-0.25, -0.2) is 0 Å². The van der Waals surface area contributed by atoms with Crippen LogP contribution in [0.1, 0.15) is 31.0 Å². The van der Waals surface area contributed by atoms with Gasteiger partial charge in [0, 0.05) is 0 Å². The maximum atomic E-state index is 5.58. The zero-order chi connectivity index (χ0) is 11.5. The van der Waals surface area contributed by atoms with Crippen LogP contribution in [0, 0.1) is 6.92 Å². The maximum absolute atomic E-state index is 5.58. The van der Waals surface area contributed by atoms with E-state index in [0.717, 1.165) is 17.7 Å². The Bertz CT molecular complexity index is 457. The monoisotopic (exact) mass is 221 g/mol. The highest BCUT2D eigenvalue weighted by Gasteiger charge is 2.16. The summed E-state index contributed by atoms with van der Waals surface area (Å²) in [4.78, 5) is 0. The van der Waals surface area contributed by atoms with Crippen molar-refractivity contribution in [1.82, 2.24) is 15.5 Å². The minimum absolute atomic E-state index is 0.106. The Kier molecular flexibility index (Phi) is 3.05. The highest BCUT2D eigenvalue weighted by Crippen LogP contribution is 2.23. The zero-order valence-electron chi connectivity index (χ0n) is 9.65. The molecule has 86 valence electrons. The first-order chi connectivity index (χ1) is 7.74. The third-order valence-electron chi connectivity index (χ3n) is 2.47. The number of aromatic nitrogens is 2. The number of hydrogen-bond donors (Lipinski definition) is 1. The van der Waals surface area contributed by atoms with Crippen molar-refractivity contribution >= 4 is 0 Å². The fourth-order valence-electron chi connectivity index (χ4n) is 1.55. The van der Waals surface area contributed by atoms with Crippen molar-refractivity contribution in [2.24, 2.45) is 0 Å². The Hall–Kier alpha value is -1.62. The Morgan fingerprint density at radius 2 is 2.25 bits per heavy atom. The highest BCUT2D eigenvalue weighted by molar-refractivity contribution is 5.50. The van der Waals surface area contributed by atoms with Crippen molar-refractivity contribution in [2.45, 2.75) is 26.3 Å². The molecular weight excluding hydrogens is 206 g/mol. The lowest BCUT2D eigenvalue weighted by Crippen LogP contribution is -2.15. The van der Waals surface area contributed by atoms with Crippen molar-refractivity contribution in [3.8, 4) is 11.5 Å². The molecule has 2 aromatic rings. The number of aryl methyl sites for hydroxylation is 1. The molecule has 0 saturated heterocycles. The molecule has 0 fully saturated rings. The van der Waals surface area contributed by atoms with Crippen LogP contribution in [0.5, 0.6) is 0 Å². The first-order valence-corrected chi connectivity index (χ1v) is 5.30. The molecule has 5 nitrogen and oxygen atoms in total. The second-order valence-corrected chi connectivity index (χ2v) is 3.64. The van der Waals surface area contributed by atoms with Crippen LogP contribution in [0.2, 0.25) is 0 Å². The molecule has 1 unspecified atom stereocenters. The maximum Gasteiger partial charge on any atom is 0.251 e. The SMILES string of the molecule is CCC(NC)c1nnc(-c2coc(C)c2)o1. The number of nitrogens with one attached hydrogen (secondary N) is 1. The number of hydrogen-bond acceptors (Lipinski definition) is 5. The molecule has 0 spiro atoms. The largest absolute Gasteiger partial charge is 0.469 e. The van der Waals surface area contributed by atoms with E-state index in [1.54, 1.807) is 6.26 Å². The van der Waals surface area contributed by atoms with Gasteiger partial charge in [0.2, 0.25) is 5.89 Å². The van der Waals surface area contributed by atoms with Crippen LogP contribution < -0.4 is 5.32 Å². The Labute approximate surface area is 93.9 Å². The Morgan fingerprint density at radius 1 is 1.44 bits per heavy atom. The van der Waals surface area contributed by atoms with Crippen LogP contribution in [0.15, 0.2) is 21.2 Å². The summed E-state index contributed by atoms with van der Waals surface area (Å²) >= 11 is 0. The zero-order valence-corrected chi connectivity index (χ0v) is 9.65. The van der Waals surface area contributed by atoms with E-state index in [0.29, 0.717) is 11.8 Å². The second-order valence-electron chi connectivity index (χ2n) is 3.64. The summed E-state index contributed by atoms with van der Waals surface area (Å²) in [5.74, 6) is 1.94. The van der Waals surface area contributed by atoms with E-state index in [1.165, 1.54) is 0 Å². The van der Waals surface area contributed by atoms with Crippen molar-refractivity contribution in [3.63, 3.8) is 0 Å². The standard InChI is InChI=1S/C11H15N3O2/c1-4-9(12-3)11-14-13-10(16-11)8-5-7(2)15-6-8/h5-6,9,12H,4H2,1-3H3. The van der Waals surface area contributed by atoms with Gasteiger partial charge < -0.3 is 14.2 Å². The third kappa shape index (κ3) is 1.99. The molecule has 1 atom stereocenters. The lowest BCUT2D eigenvalue weighted by Gasteiger charge is -2.06. The summed E-state index contributed by atoms with van der Waals surface area (Å²) in [5.41, 5.74) is 0.821. The number of rotatable bonds is 4. The van der Waals surface area contributed by atoms with E-state index in [1.807, 2.05) is 20.0 Å². The van der Waals surface area contributed by atoms with Gasteiger partial charge in [0.05, 0.1) is 11.6 Å². The minimum Gasteiger partial charge on any atom is -0.469 e. The average Bonchev–Trinajstić information content (AvgIpc) is 2.89. The predicted octanol–water partition coefficient (Wildman–Crippen LogP) is 2.31. The molecule has 2 rings (SSSR count). The number of nitrogens with zero attached hydrogens (tertiary/aromatic N) is 2. The van der Waals surface area contributed by atoms with Crippen LogP contribution in [0.3, 0.4) is 0 Å². The Morgan fingerprint density at radius 3 is 2.81 bits per heavy atom. The molecular formula is C11H15N3O2. The van der Waals surface area contributed by atoms with E-state index in [2.05, 4.69) is 22.4 Å². The van der Waals surface area contributed by atoms with Gasteiger partial charge in [-0.2, -0.15) is 0 Å². The van der Waals surface area contributed by atoms with Gasteiger partial charge in [0.15, 0.2) is 0 Å². The molecule has 2 aromatic heterocycles. The van der Waals surface area contributed by atoms with Crippen LogP contribution in [-0.4, -0.2) is 17.2 Å². The molecule has 0 aromatic carbocycles. The predicted molar refractivity (Wildman–Crippen MR) is 58.8 cm³/mol. The summed E-state index contributed by atoms with van der Waals surface area (Å²) in [7, 11) is 1.88. The molecule has 0 aliphatic heterocycles. The smallest absolute Gasteiger partial charge is 0.251 e. The second kappa shape index (κ2) is 4.49. The lowest BCUT2D eigenvalue weighted by atomic mass is 10.2. The van der Waals surface area contributed by atoms with Crippen LogP contribution in [0.4, 0.5) is 0 Å². The van der Waals surface area contributed by atoms with Gasteiger partial charge in [-0.3, -0.25) is 0 Å². The molecule has 1 N–H and O–H groups in total. The summed E-state index contributed by atoms with van der Waals surface area (Å²) in [6.07, 6.45) is 2.52. The molecule has 0 radical (unpaired) electrons. The van der Waals surface area contributed by atoms with Gasteiger partial charge >= 0.3 is 0 Å². The fourth-order valence-corrected chi connectivity index (χ4v) is 1.55. The first kappa shape index (κ1) is 10.9. The van der Waals surface area contributed by atoms with E-state index in [9.17, 15) is 0 Å². The van der Waals surface area contributed by atoms with E-state index in [4.69, 9.17) is 8.83 Å². The van der Waals surface area contributed by atoms with Gasteiger partial charge in [-0.15, -0.1) is 10.2 Å².